The molecule has 3 aromatic rings. The number of sulfonamides is 1. The summed E-state index contributed by atoms with van der Waals surface area (Å²) >= 11 is 1.69. The number of nitrogens with one attached hydrogen (secondary N) is 1. The second-order valence-electron chi connectivity index (χ2n) is 8.47. The van der Waals surface area contributed by atoms with Gasteiger partial charge in [-0.1, -0.05) is 0 Å². The van der Waals surface area contributed by atoms with E-state index in [0.29, 0.717) is 38.1 Å². The number of rotatable bonds is 6. The molecule has 5 rings (SSSR count). The highest BCUT2D eigenvalue weighted by molar-refractivity contribution is 7.88. The van der Waals surface area contributed by atoms with Gasteiger partial charge in [-0.25, -0.2) is 28.4 Å². The Morgan fingerprint density at radius 3 is 2.59 bits per heavy atom. The third-order valence-electron chi connectivity index (χ3n) is 6.11. The minimum Gasteiger partial charge on any atom is -0.370 e. The van der Waals surface area contributed by atoms with Crippen LogP contribution in [0.3, 0.4) is 0 Å². The Balaban J connectivity index is 1.25. The lowest BCUT2D eigenvalue weighted by Crippen LogP contribution is -2.47. The average Bonchev–Trinajstić information content (AvgIpc) is 3.25. The number of nitrogens with zero attached hydrogens (tertiary/aromatic N) is 7. The molecule has 5 heterocycles. The zero-order valence-electron chi connectivity index (χ0n) is 19.2. The second-order valence-corrected chi connectivity index (χ2v) is 11.6. The van der Waals surface area contributed by atoms with Crippen molar-refractivity contribution in [2.75, 3.05) is 69.4 Å². The molecular formula is C21H28N8O3S2. The summed E-state index contributed by atoms with van der Waals surface area (Å²) < 4.78 is 32.0. The maximum atomic E-state index is 11.7. The molecule has 3 aromatic heterocycles. The summed E-state index contributed by atoms with van der Waals surface area (Å²) in [5, 5.41) is 2.92. The fourth-order valence-electron chi connectivity index (χ4n) is 4.22. The number of thiophene rings is 1. The Morgan fingerprint density at radius 1 is 1.12 bits per heavy atom. The third-order valence-corrected chi connectivity index (χ3v) is 8.45. The van der Waals surface area contributed by atoms with Crippen LogP contribution < -0.4 is 10.2 Å². The Hall–Kier alpha value is -2.45. The fourth-order valence-corrected chi connectivity index (χ4v) is 6.06. The molecule has 2 fully saturated rings. The largest absolute Gasteiger partial charge is 0.370 e. The van der Waals surface area contributed by atoms with Crippen molar-refractivity contribution in [1.82, 2.24) is 29.1 Å². The van der Waals surface area contributed by atoms with E-state index in [1.165, 1.54) is 11.1 Å². The van der Waals surface area contributed by atoms with Gasteiger partial charge >= 0.3 is 0 Å². The first-order chi connectivity index (χ1) is 16.4. The molecule has 1 atom stereocenters. The van der Waals surface area contributed by atoms with Crippen LogP contribution in [0.2, 0.25) is 0 Å². The molecule has 2 aliphatic heterocycles. The predicted molar refractivity (Wildman–Crippen MR) is 132 cm³/mol. The summed E-state index contributed by atoms with van der Waals surface area (Å²) in [4.78, 5) is 23.7. The Kier molecular flexibility index (Phi) is 6.62. The van der Waals surface area contributed by atoms with Crippen LogP contribution >= 0.6 is 11.3 Å². The monoisotopic (exact) mass is 504 g/mol. The molecule has 0 amide bonds. The Morgan fingerprint density at radius 2 is 1.88 bits per heavy atom. The molecule has 0 saturated carbocycles. The van der Waals surface area contributed by atoms with Gasteiger partial charge in [0.15, 0.2) is 0 Å². The summed E-state index contributed by atoms with van der Waals surface area (Å²) in [7, 11) is -1.33. The minimum absolute atomic E-state index is 0.136. The molecule has 34 heavy (non-hydrogen) atoms. The van der Waals surface area contributed by atoms with Gasteiger partial charge in [0, 0.05) is 69.2 Å². The maximum absolute atomic E-state index is 11.7. The lowest BCUT2D eigenvalue weighted by Gasteiger charge is -2.32. The van der Waals surface area contributed by atoms with Gasteiger partial charge in [-0.3, -0.25) is 4.90 Å². The van der Waals surface area contributed by atoms with E-state index in [-0.39, 0.29) is 6.10 Å². The van der Waals surface area contributed by atoms with Crippen molar-refractivity contribution >= 4 is 43.5 Å². The molecule has 0 bridgehead atoms. The van der Waals surface area contributed by atoms with Crippen LogP contribution in [0, 0.1) is 0 Å². The van der Waals surface area contributed by atoms with Gasteiger partial charge in [0.2, 0.25) is 21.9 Å². The molecule has 11 nitrogen and oxygen atoms in total. The van der Waals surface area contributed by atoms with Gasteiger partial charge < -0.3 is 15.0 Å². The van der Waals surface area contributed by atoms with E-state index in [4.69, 9.17) is 9.72 Å². The lowest BCUT2D eigenvalue weighted by molar-refractivity contribution is 0.0388. The number of fused-ring (bicyclic) bond motifs is 1. The quantitative estimate of drug-likeness (QED) is 0.524. The predicted octanol–water partition coefficient (Wildman–Crippen LogP) is 1.18. The molecule has 13 heteroatoms. The number of aromatic nitrogens is 4. The van der Waals surface area contributed by atoms with Crippen molar-refractivity contribution in [2.45, 2.75) is 12.6 Å². The number of hydrogen-bond acceptors (Lipinski definition) is 11. The van der Waals surface area contributed by atoms with Gasteiger partial charge in [-0.2, -0.15) is 4.31 Å². The minimum atomic E-state index is -3.12. The lowest BCUT2D eigenvalue weighted by atomic mass is 10.1. The standard InChI is InChI=1S/C21H28N8O3S2/c1-22-20-23-10-15(11-24-20)18-14-28(7-8-32-18)21-25-12-19-17(26-21)9-16(33-19)13-27-3-5-29(6-4-27)34(2,30)31/h9-12,18H,3-8,13-14H2,1-2H3,(H,22,23,24). The summed E-state index contributed by atoms with van der Waals surface area (Å²) in [5.41, 5.74) is 1.86. The Labute approximate surface area is 202 Å². The van der Waals surface area contributed by atoms with Crippen LogP contribution in [0.5, 0.6) is 0 Å². The van der Waals surface area contributed by atoms with Gasteiger partial charge in [0.1, 0.15) is 6.10 Å². The first-order valence-electron chi connectivity index (χ1n) is 11.2. The molecule has 2 saturated heterocycles. The Bertz CT molecular complexity index is 1240. The van der Waals surface area contributed by atoms with Gasteiger partial charge in [-0.15, -0.1) is 11.3 Å². The number of hydrogen-bond donors (Lipinski definition) is 1. The SMILES string of the molecule is CNc1ncc(C2CN(c3ncc4sc(CN5CCN(S(C)(=O)=O)CC5)cc4n3)CCO2)cn1. The summed E-state index contributed by atoms with van der Waals surface area (Å²) in [6, 6.07) is 2.12. The zero-order chi connectivity index (χ0) is 23.7. The second kappa shape index (κ2) is 9.66. The summed E-state index contributed by atoms with van der Waals surface area (Å²) in [5.74, 6) is 1.27. The highest BCUT2D eigenvalue weighted by atomic mass is 32.2. The van der Waals surface area contributed by atoms with E-state index in [9.17, 15) is 8.42 Å². The van der Waals surface area contributed by atoms with Gasteiger partial charge in [0.05, 0.1) is 35.8 Å². The highest BCUT2D eigenvalue weighted by Gasteiger charge is 2.26. The topological polar surface area (TPSA) is 117 Å². The molecule has 182 valence electrons. The van der Waals surface area contributed by atoms with Crippen molar-refractivity contribution < 1.29 is 13.2 Å². The van der Waals surface area contributed by atoms with Gasteiger partial charge in [0.25, 0.3) is 0 Å². The van der Waals surface area contributed by atoms with E-state index in [2.05, 4.69) is 36.1 Å². The molecular weight excluding hydrogens is 476 g/mol. The van der Waals surface area contributed by atoms with Crippen molar-refractivity contribution in [3.63, 3.8) is 0 Å². The molecule has 0 aliphatic carbocycles. The van der Waals surface area contributed by atoms with Crippen LogP contribution in [0.4, 0.5) is 11.9 Å². The van der Waals surface area contributed by atoms with Crippen LogP contribution in [0.1, 0.15) is 16.5 Å². The zero-order valence-corrected chi connectivity index (χ0v) is 20.8. The van der Waals surface area contributed by atoms with Crippen molar-refractivity contribution in [3.8, 4) is 0 Å². The van der Waals surface area contributed by atoms with Crippen molar-refractivity contribution in [3.05, 3.63) is 35.1 Å². The summed E-state index contributed by atoms with van der Waals surface area (Å²) in [6.07, 6.45) is 6.61. The van der Waals surface area contributed by atoms with E-state index in [1.807, 2.05) is 6.20 Å². The van der Waals surface area contributed by atoms with Crippen LogP contribution in [-0.2, 0) is 21.3 Å². The van der Waals surface area contributed by atoms with E-state index in [1.54, 1.807) is 35.1 Å². The average molecular weight is 505 g/mol. The number of piperazine rings is 1. The van der Waals surface area contributed by atoms with Crippen molar-refractivity contribution in [1.29, 1.82) is 0 Å². The number of morpholine rings is 1. The van der Waals surface area contributed by atoms with Crippen LogP contribution in [0.25, 0.3) is 10.2 Å². The first-order valence-corrected chi connectivity index (χ1v) is 13.8. The molecule has 0 aromatic carbocycles. The highest BCUT2D eigenvalue weighted by Crippen LogP contribution is 2.29. The van der Waals surface area contributed by atoms with Crippen LogP contribution in [-0.4, -0.2) is 96.7 Å². The van der Waals surface area contributed by atoms with E-state index < -0.39 is 10.0 Å². The maximum Gasteiger partial charge on any atom is 0.226 e. The number of ether oxygens (including phenoxy) is 1. The van der Waals surface area contributed by atoms with E-state index >= 15 is 0 Å². The molecule has 2 aliphatic rings. The molecule has 1 unspecified atom stereocenters. The molecule has 0 spiro atoms. The molecule has 0 radical (unpaired) electrons. The van der Waals surface area contributed by atoms with Crippen molar-refractivity contribution in [2.24, 2.45) is 0 Å². The summed E-state index contributed by atoms with van der Waals surface area (Å²) in [6.45, 7) is 5.25. The van der Waals surface area contributed by atoms with Gasteiger partial charge in [-0.05, 0) is 6.07 Å². The van der Waals surface area contributed by atoms with Crippen LogP contribution in [0.15, 0.2) is 24.7 Å². The normalized spacial score (nSPS) is 20.6. The molecule has 1 N–H and O–H groups in total. The van der Waals surface area contributed by atoms with E-state index in [0.717, 1.165) is 42.0 Å². The first kappa shape index (κ1) is 23.3. The number of anilines is 2. The smallest absolute Gasteiger partial charge is 0.226 e. The fraction of sp³-hybridized carbons (Fsp3) is 0.524. The third kappa shape index (κ3) is 5.13.